The van der Waals surface area contributed by atoms with Crippen molar-refractivity contribution >= 4 is 24.3 Å². The maximum absolute atomic E-state index is 11.8. The third-order valence-corrected chi connectivity index (χ3v) is 5.30. The number of nitrogens with one attached hydrogen (secondary N) is 2. The molecule has 4 heteroatoms. The number of aromatic carboxylic acids is 1. The van der Waals surface area contributed by atoms with Crippen molar-refractivity contribution in [1.29, 1.82) is 0 Å². The summed E-state index contributed by atoms with van der Waals surface area (Å²) < 4.78 is 0. The van der Waals surface area contributed by atoms with E-state index >= 15 is 0 Å². The lowest BCUT2D eigenvalue weighted by Crippen LogP contribution is -2.23. The summed E-state index contributed by atoms with van der Waals surface area (Å²) in [6, 6.07) is 15.8. The minimum Gasteiger partial charge on any atom is -0.478 e. The molecular formula is C25H24N2O2. The molecule has 0 spiro atoms. The molecule has 1 aliphatic carbocycles. The van der Waals surface area contributed by atoms with Crippen LogP contribution >= 0.6 is 0 Å². The second-order valence-electron chi connectivity index (χ2n) is 7.36. The van der Waals surface area contributed by atoms with Crippen LogP contribution in [0.25, 0.3) is 23.8 Å². The van der Waals surface area contributed by atoms with Gasteiger partial charge in [-0.1, -0.05) is 49.1 Å². The predicted molar refractivity (Wildman–Crippen MR) is 118 cm³/mol. The smallest absolute Gasteiger partial charge is 0.337 e. The maximum atomic E-state index is 11.8. The van der Waals surface area contributed by atoms with Gasteiger partial charge < -0.3 is 15.4 Å². The molecule has 0 atom stereocenters. The summed E-state index contributed by atoms with van der Waals surface area (Å²) in [5, 5.41) is 14.8. The Labute approximate surface area is 169 Å². The molecule has 4 nitrogen and oxygen atoms in total. The van der Waals surface area contributed by atoms with Gasteiger partial charge in [0.2, 0.25) is 0 Å². The Morgan fingerprint density at radius 1 is 1.21 bits per heavy atom. The number of carboxylic acid groups (broad SMARTS) is 1. The standard InChI is InChI=1S/C25H24N2O2/c1-3-20(14-21-16(2)26-15-23(21)18-7-5-4-6-8-18)27-24-12-11-19(17-9-10-17)13-22(24)25(28)29/h3-8,11-15,17,26-27H,2,9-10H2,1H3,(H,28,29)/b20-3+,21-14+. The highest BCUT2D eigenvalue weighted by Gasteiger charge is 2.25. The first-order chi connectivity index (χ1) is 14.1. The Bertz CT molecular complexity index is 1190. The molecule has 1 aromatic heterocycles. The third kappa shape index (κ3) is 4.02. The highest BCUT2D eigenvalue weighted by atomic mass is 16.4. The molecule has 146 valence electrons. The van der Waals surface area contributed by atoms with Crippen molar-refractivity contribution in [2.45, 2.75) is 25.7 Å². The molecule has 0 amide bonds. The topological polar surface area (TPSA) is 65.1 Å². The van der Waals surface area contributed by atoms with Crippen LogP contribution in [0.15, 0.2) is 66.5 Å². The molecule has 1 heterocycles. The summed E-state index contributed by atoms with van der Waals surface area (Å²) in [6.45, 7) is 6.03. The molecule has 3 N–H and O–H groups in total. The van der Waals surface area contributed by atoms with Crippen LogP contribution in [0.1, 0.15) is 41.6 Å². The van der Waals surface area contributed by atoms with Gasteiger partial charge in [0.15, 0.2) is 0 Å². The number of aromatic amines is 1. The van der Waals surface area contributed by atoms with Gasteiger partial charge in [0, 0.05) is 28.0 Å². The largest absolute Gasteiger partial charge is 0.478 e. The van der Waals surface area contributed by atoms with E-state index in [2.05, 4.69) is 29.0 Å². The van der Waals surface area contributed by atoms with Crippen LogP contribution in [0.2, 0.25) is 0 Å². The Balaban J connectivity index is 1.71. The van der Waals surface area contributed by atoms with Gasteiger partial charge in [0.1, 0.15) is 0 Å². The van der Waals surface area contributed by atoms with Gasteiger partial charge in [-0.25, -0.2) is 4.79 Å². The van der Waals surface area contributed by atoms with E-state index < -0.39 is 5.97 Å². The Kier molecular flexibility index (Phi) is 5.09. The lowest BCUT2D eigenvalue weighted by Gasteiger charge is -2.12. The molecule has 0 aliphatic heterocycles. The van der Waals surface area contributed by atoms with E-state index in [-0.39, 0.29) is 0 Å². The van der Waals surface area contributed by atoms with Gasteiger partial charge in [-0.2, -0.15) is 0 Å². The number of carbonyl (C=O) groups is 1. The van der Waals surface area contributed by atoms with Crippen LogP contribution in [0, 0.1) is 0 Å². The van der Waals surface area contributed by atoms with E-state index in [9.17, 15) is 9.90 Å². The predicted octanol–water partition coefficient (Wildman–Crippen LogP) is 4.46. The van der Waals surface area contributed by atoms with Crippen LogP contribution in [-0.4, -0.2) is 16.1 Å². The fraction of sp³-hybridized carbons (Fsp3) is 0.160. The summed E-state index contributed by atoms with van der Waals surface area (Å²) in [4.78, 5) is 15.0. The normalized spacial score (nSPS) is 14.8. The Hall–Kier alpha value is -3.53. The van der Waals surface area contributed by atoms with Crippen LogP contribution in [0.5, 0.6) is 0 Å². The average Bonchev–Trinajstić information content (AvgIpc) is 3.52. The molecule has 2 aromatic carbocycles. The van der Waals surface area contributed by atoms with Gasteiger partial charge in [-0.3, -0.25) is 0 Å². The lowest BCUT2D eigenvalue weighted by molar-refractivity contribution is 0.0698. The molecule has 0 radical (unpaired) electrons. The van der Waals surface area contributed by atoms with Crippen molar-refractivity contribution in [3.8, 4) is 11.1 Å². The second-order valence-corrected chi connectivity index (χ2v) is 7.36. The second kappa shape index (κ2) is 7.84. The number of anilines is 1. The first-order valence-electron chi connectivity index (χ1n) is 9.81. The molecule has 1 saturated carbocycles. The summed E-state index contributed by atoms with van der Waals surface area (Å²) in [7, 11) is 0. The SMILES string of the molecule is C=c1[nH]cc(-c2ccccc2)/c1=C/C(=C\C)Nc1ccc(C2CC2)cc1C(=O)O. The average molecular weight is 384 g/mol. The maximum Gasteiger partial charge on any atom is 0.337 e. The van der Waals surface area contributed by atoms with Crippen molar-refractivity contribution in [2.75, 3.05) is 5.32 Å². The molecule has 1 aliphatic rings. The Morgan fingerprint density at radius 3 is 2.62 bits per heavy atom. The number of rotatable bonds is 6. The molecule has 3 aromatic rings. The third-order valence-electron chi connectivity index (χ3n) is 5.30. The van der Waals surface area contributed by atoms with E-state index in [4.69, 9.17) is 0 Å². The molecule has 1 fully saturated rings. The minimum absolute atomic E-state index is 0.300. The van der Waals surface area contributed by atoms with Crippen molar-refractivity contribution in [3.05, 3.63) is 88.2 Å². The lowest BCUT2D eigenvalue weighted by atomic mass is 10.0. The van der Waals surface area contributed by atoms with Gasteiger partial charge >= 0.3 is 5.97 Å². The minimum atomic E-state index is -0.921. The number of hydrogen-bond acceptors (Lipinski definition) is 2. The summed E-state index contributed by atoms with van der Waals surface area (Å²) in [6.07, 6.45) is 8.16. The number of hydrogen-bond donors (Lipinski definition) is 3. The van der Waals surface area contributed by atoms with Gasteiger partial charge in [0.05, 0.1) is 11.3 Å². The van der Waals surface area contributed by atoms with Crippen LogP contribution < -0.4 is 15.9 Å². The monoisotopic (exact) mass is 384 g/mol. The van der Waals surface area contributed by atoms with Crippen molar-refractivity contribution in [2.24, 2.45) is 0 Å². The van der Waals surface area contributed by atoms with E-state index in [0.717, 1.165) is 45.8 Å². The van der Waals surface area contributed by atoms with Crippen molar-refractivity contribution < 1.29 is 9.90 Å². The molecular weight excluding hydrogens is 360 g/mol. The van der Waals surface area contributed by atoms with E-state index in [0.29, 0.717) is 17.2 Å². The molecule has 0 unspecified atom stereocenters. The Morgan fingerprint density at radius 2 is 1.97 bits per heavy atom. The molecule has 29 heavy (non-hydrogen) atoms. The van der Waals surface area contributed by atoms with E-state index in [1.807, 2.05) is 55.6 Å². The van der Waals surface area contributed by atoms with Gasteiger partial charge in [-0.15, -0.1) is 0 Å². The molecule has 4 rings (SSSR count). The highest BCUT2D eigenvalue weighted by Crippen LogP contribution is 2.41. The van der Waals surface area contributed by atoms with Crippen LogP contribution in [-0.2, 0) is 0 Å². The first-order valence-corrected chi connectivity index (χ1v) is 9.81. The summed E-state index contributed by atoms with van der Waals surface area (Å²) in [5.74, 6) is -0.410. The van der Waals surface area contributed by atoms with Gasteiger partial charge in [0.25, 0.3) is 0 Å². The number of H-pyrrole nitrogens is 1. The summed E-state index contributed by atoms with van der Waals surface area (Å²) >= 11 is 0. The zero-order chi connectivity index (χ0) is 20.4. The van der Waals surface area contributed by atoms with Crippen LogP contribution in [0.3, 0.4) is 0 Å². The molecule has 0 bridgehead atoms. The van der Waals surface area contributed by atoms with Crippen molar-refractivity contribution in [1.82, 2.24) is 4.98 Å². The number of allylic oxidation sites excluding steroid dienone is 2. The quantitative estimate of drug-likeness (QED) is 0.588. The fourth-order valence-electron chi connectivity index (χ4n) is 3.52. The van der Waals surface area contributed by atoms with E-state index in [1.165, 1.54) is 0 Å². The van der Waals surface area contributed by atoms with Crippen molar-refractivity contribution in [3.63, 3.8) is 0 Å². The zero-order valence-corrected chi connectivity index (χ0v) is 16.4. The van der Waals surface area contributed by atoms with Crippen LogP contribution in [0.4, 0.5) is 5.69 Å². The zero-order valence-electron chi connectivity index (χ0n) is 16.4. The molecule has 0 saturated heterocycles. The number of carboxylic acids is 1. The number of benzene rings is 2. The number of aromatic nitrogens is 1. The highest BCUT2D eigenvalue weighted by molar-refractivity contribution is 5.95. The fourth-order valence-corrected chi connectivity index (χ4v) is 3.52. The van der Waals surface area contributed by atoms with E-state index in [1.54, 1.807) is 6.07 Å². The van der Waals surface area contributed by atoms with Gasteiger partial charge in [-0.05, 0) is 55.0 Å². The first kappa shape index (κ1) is 18.8. The summed E-state index contributed by atoms with van der Waals surface area (Å²) in [5.41, 5.74) is 4.96.